The number of alkyl halides is 2. The molecule has 0 radical (unpaired) electrons. The molecule has 0 bridgehead atoms. The second kappa shape index (κ2) is 7.87. The number of nitrogens with zero attached hydrogens (tertiary/aromatic N) is 7. The Bertz CT molecular complexity index is 1240. The van der Waals surface area contributed by atoms with Crippen molar-refractivity contribution in [2.75, 3.05) is 5.32 Å². The monoisotopic (exact) mass is 408 g/mol. The molecular weight excluding hydrogens is 390 g/mol. The number of nitrogens with one attached hydrogen (secondary N) is 1. The van der Waals surface area contributed by atoms with Gasteiger partial charge in [-0.05, 0) is 19.9 Å². The molecule has 0 fully saturated rings. The molecule has 0 saturated heterocycles. The number of halogens is 2. The molecule has 152 valence electrons. The molecular formula is C20H18F2N8. The van der Waals surface area contributed by atoms with E-state index in [-0.39, 0.29) is 6.04 Å². The SMILES string of the molecule is CC(C)Nc1cc(-n2ncc3cc(C#N)cnc32)ncc1-c1cn(CC(F)F)cn1. The van der Waals surface area contributed by atoms with Crippen molar-refractivity contribution in [2.24, 2.45) is 0 Å². The molecule has 0 aliphatic heterocycles. The molecule has 0 saturated carbocycles. The molecule has 1 N–H and O–H groups in total. The summed E-state index contributed by atoms with van der Waals surface area (Å²) in [6, 6.07) is 5.70. The molecule has 0 aliphatic carbocycles. The van der Waals surface area contributed by atoms with Crippen molar-refractivity contribution in [1.29, 1.82) is 5.26 Å². The largest absolute Gasteiger partial charge is 0.382 e. The van der Waals surface area contributed by atoms with Crippen LogP contribution in [0.3, 0.4) is 0 Å². The van der Waals surface area contributed by atoms with E-state index in [4.69, 9.17) is 5.26 Å². The number of aromatic nitrogens is 6. The number of hydrogen-bond donors (Lipinski definition) is 1. The van der Waals surface area contributed by atoms with Crippen LogP contribution in [0.4, 0.5) is 14.5 Å². The standard InChI is InChI=1S/C20H18F2N8/c1-12(2)28-16-4-19(30-20-14(7-27-30)3-13(5-23)6-25-20)24-8-15(16)17-9-29(11-26-17)10-18(21)22/h3-4,6-9,11-12,18H,10H2,1-2H3,(H,24,28). The molecule has 8 nitrogen and oxygen atoms in total. The maximum absolute atomic E-state index is 12.7. The summed E-state index contributed by atoms with van der Waals surface area (Å²) < 4.78 is 28.3. The van der Waals surface area contributed by atoms with Gasteiger partial charge in [0.05, 0.1) is 30.3 Å². The highest BCUT2D eigenvalue weighted by Gasteiger charge is 2.15. The Morgan fingerprint density at radius 3 is 2.70 bits per heavy atom. The van der Waals surface area contributed by atoms with E-state index in [0.29, 0.717) is 28.3 Å². The fourth-order valence-corrected chi connectivity index (χ4v) is 3.10. The van der Waals surface area contributed by atoms with Crippen LogP contribution in [0.5, 0.6) is 0 Å². The Labute approximate surface area is 170 Å². The fourth-order valence-electron chi connectivity index (χ4n) is 3.10. The Morgan fingerprint density at radius 1 is 1.13 bits per heavy atom. The average molecular weight is 408 g/mol. The number of imidazole rings is 1. The van der Waals surface area contributed by atoms with Crippen molar-refractivity contribution in [3.8, 4) is 23.1 Å². The summed E-state index contributed by atoms with van der Waals surface area (Å²) in [5.41, 5.74) is 3.00. The van der Waals surface area contributed by atoms with Gasteiger partial charge >= 0.3 is 0 Å². The van der Waals surface area contributed by atoms with Gasteiger partial charge in [-0.2, -0.15) is 15.0 Å². The molecule has 0 atom stereocenters. The Kier molecular flexibility index (Phi) is 5.10. The predicted molar refractivity (Wildman–Crippen MR) is 107 cm³/mol. The Hall–Kier alpha value is -3.87. The lowest BCUT2D eigenvalue weighted by Gasteiger charge is -2.15. The summed E-state index contributed by atoms with van der Waals surface area (Å²) in [4.78, 5) is 13.1. The van der Waals surface area contributed by atoms with Crippen molar-refractivity contribution < 1.29 is 8.78 Å². The van der Waals surface area contributed by atoms with Crippen LogP contribution in [0.1, 0.15) is 19.4 Å². The van der Waals surface area contributed by atoms with E-state index in [0.717, 1.165) is 11.1 Å². The average Bonchev–Trinajstić information content (AvgIpc) is 3.33. The first kappa shape index (κ1) is 19.4. The lowest BCUT2D eigenvalue weighted by molar-refractivity contribution is 0.126. The summed E-state index contributed by atoms with van der Waals surface area (Å²) in [7, 11) is 0. The molecule has 10 heteroatoms. The molecule has 4 heterocycles. The third-order valence-corrected chi connectivity index (χ3v) is 4.35. The molecule has 4 rings (SSSR count). The fraction of sp³-hybridized carbons (Fsp3) is 0.250. The first-order chi connectivity index (χ1) is 14.4. The van der Waals surface area contributed by atoms with Crippen LogP contribution in [-0.2, 0) is 6.54 Å². The van der Waals surface area contributed by atoms with Gasteiger partial charge in [0.25, 0.3) is 6.43 Å². The summed E-state index contributed by atoms with van der Waals surface area (Å²) in [6.07, 6.45) is 5.24. The zero-order chi connectivity index (χ0) is 21.3. The molecule has 0 aliphatic rings. The van der Waals surface area contributed by atoms with E-state index >= 15 is 0 Å². The highest BCUT2D eigenvalue weighted by molar-refractivity contribution is 5.79. The third-order valence-electron chi connectivity index (χ3n) is 4.35. The van der Waals surface area contributed by atoms with Crippen molar-refractivity contribution >= 4 is 16.7 Å². The number of fused-ring (bicyclic) bond motifs is 1. The van der Waals surface area contributed by atoms with Crippen molar-refractivity contribution in [3.63, 3.8) is 0 Å². The minimum absolute atomic E-state index is 0.118. The second-order valence-corrected chi connectivity index (χ2v) is 7.04. The van der Waals surface area contributed by atoms with E-state index in [1.165, 1.54) is 17.1 Å². The van der Waals surface area contributed by atoms with E-state index < -0.39 is 13.0 Å². The van der Waals surface area contributed by atoms with Crippen LogP contribution in [0.25, 0.3) is 28.1 Å². The summed E-state index contributed by atoms with van der Waals surface area (Å²) in [5.74, 6) is 0.529. The summed E-state index contributed by atoms with van der Waals surface area (Å²) in [6.45, 7) is 3.57. The minimum atomic E-state index is -2.46. The number of hydrogen-bond acceptors (Lipinski definition) is 6. The van der Waals surface area contributed by atoms with Gasteiger partial charge in [-0.15, -0.1) is 0 Å². The maximum atomic E-state index is 12.7. The number of nitriles is 1. The number of rotatable bonds is 6. The molecule has 0 spiro atoms. The van der Waals surface area contributed by atoms with Crippen LogP contribution in [0, 0.1) is 11.3 Å². The van der Waals surface area contributed by atoms with Gasteiger partial charge < -0.3 is 9.88 Å². The lowest BCUT2D eigenvalue weighted by atomic mass is 10.1. The smallest absolute Gasteiger partial charge is 0.256 e. The van der Waals surface area contributed by atoms with Gasteiger partial charge in [0.15, 0.2) is 11.5 Å². The van der Waals surface area contributed by atoms with E-state index in [1.807, 2.05) is 19.9 Å². The molecule has 0 unspecified atom stereocenters. The van der Waals surface area contributed by atoms with Crippen molar-refractivity contribution in [1.82, 2.24) is 29.3 Å². The van der Waals surface area contributed by atoms with Gasteiger partial charge in [0.2, 0.25) is 0 Å². The summed E-state index contributed by atoms with van der Waals surface area (Å²) >= 11 is 0. The summed E-state index contributed by atoms with van der Waals surface area (Å²) in [5, 5.41) is 17.5. The zero-order valence-electron chi connectivity index (χ0n) is 16.3. The minimum Gasteiger partial charge on any atom is -0.382 e. The molecule has 4 aromatic rings. The van der Waals surface area contributed by atoms with E-state index in [1.54, 1.807) is 29.3 Å². The van der Waals surface area contributed by atoms with E-state index in [9.17, 15) is 8.78 Å². The molecule has 0 amide bonds. The second-order valence-electron chi connectivity index (χ2n) is 7.04. The van der Waals surface area contributed by atoms with Crippen molar-refractivity contribution in [3.05, 3.63) is 48.8 Å². The van der Waals surface area contributed by atoms with Crippen LogP contribution in [-0.4, -0.2) is 41.8 Å². The third kappa shape index (κ3) is 3.82. The van der Waals surface area contributed by atoms with Crippen molar-refractivity contribution in [2.45, 2.75) is 32.9 Å². The first-order valence-electron chi connectivity index (χ1n) is 9.25. The van der Waals surface area contributed by atoms with Crippen LogP contribution in [0.15, 0.2) is 43.2 Å². The van der Waals surface area contributed by atoms with Crippen LogP contribution < -0.4 is 5.32 Å². The zero-order valence-corrected chi connectivity index (χ0v) is 16.3. The highest BCUT2D eigenvalue weighted by Crippen LogP contribution is 2.29. The van der Waals surface area contributed by atoms with Gasteiger partial charge in [0, 0.05) is 47.3 Å². The predicted octanol–water partition coefficient (Wildman–Crippen LogP) is 3.64. The topological polar surface area (TPSA) is 97.2 Å². The quantitative estimate of drug-likeness (QED) is 0.523. The molecule has 30 heavy (non-hydrogen) atoms. The van der Waals surface area contributed by atoms with Crippen LogP contribution >= 0.6 is 0 Å². The van der Waals surface area contributed by atoms with Gasteiger partial charge in [0.1, 0.15) is 6.07 Å². The number of anilines is 1. The number of pyridine rings is 2. The van der Waals surface area contributed by atoms with Gasteiger partial charge in [-0.1, -0.05) is 0 Å². The molecule has 4 aromatic heterocycles. The van der Waals surface area contributed by atoms with Gasteiger partial charge in [-0.25, -0.2) is 23.7 Å². The Balaban J connectivity index is 1.77. The lowest BCUT2D eigenvalue weighted by Crippen LogP contribution is -2.12. The normalized spacial score (nSPS) is 11.4. The molecule has 0 aromatic carbocycles. The van der Waals surface area contributed by atoms with Gasteiger partial charge in [-0.3, -0.25) is 0 Å². The first-order valence-corrected chi connectivity index (χ1v) is 9.25. The maximum Gasteiger partial charge on any atom is 0.256 e. The van der Waals surface area contributed by atoms with Crippen LogP contribution in [0.2, 0.25) is 0 Å². The highest BCUT2D eigenvalue weighted by atomic mass is 19.3. The Morgan fingerprint density at radius 2 is 1.97 bits per heavy atom. The van der Waals surface area contributed by atoms with E-state index in [2.05, 4.69) is 31.4 Å².